The fourth-order valence-corrected chi connectivity index (χ4v) is 4.48. The van der Waals surface area contributed by atoms with Crippen LogP contribution in [0.25, 0.3) is 16.5 Å². The van der Waals surface area contributed by atoms with Gasteiger partial charge in [-0.2, -0.15) is 13.7 Å². The first kappa shape index (κ1) is 18.8. The monoisotopic (exact) mass is 420 g/mol. The van der Waals surface area contributed by atoms with Gasteiger partial charge in [-0.1, -0.05) is 0 Å². The maximum atomic E-state index is 13.1. The molecule has 1 fully saturated rings. The van der Waals surface area contributed by atoms with E-state index in [-0.39, 0.29) is 34.4 Å². The lowest BCUT2D eigenvalue weighted by atomic mass is 10.2. The number of carbonyl (C=O) groups excluding carboxylic acids is 1. The van der Waals surface area contributed by atoms with Crippen molar-refractivity contribution in [3.63, 3.8) is 0 Å². The van der Waals surface area contributed by atoms with Crippen LogP contribution >= 0.6 is 23.5 Å². The molecular weight excluding hydrogens is 403 g/mol. The summed E-state index contributed by atoms with van der Waals surface area (Å²) < 4.78 is 19.2. The Labute approximate surface area is 168 Å². The molecule has 0 spiro atoms. The van der Waals surface area contributed by atoms with Gasteiger partial charge in [-0.3, -0.25) is 9.59 Å². The number of methoxy groups -OCH3 is 1. The van der Waals surface area contributed by atoms with Crippen LogP contribution in [-0.4, -0.2) is 46.0 Å². The molecule has 0 bridgehead atoms. The number of aromatic nitrogens is 2. The summed E-state index contributed by atoms with van der Waals surface area (Å²) in [6, 6.07) is 6.77. The van der Waals surface area contributed by atoms with E-state index >= 15 is 0 Å². The average Bonchev–Trinajstić information content (AvgIpc) is 3.35. The first-order chi connectivity index (χ1) is 13.5. The summed E-state index contributed by atoms with van der Waals surface area (Å²) in [6.07, 6.45) is 0.583. The molecule has 3 aromatic rings. The second kappa shape index (κ2) is 7.44. The van der Waals surface area contributed by atoms with Crippen LogP contribution in [0, 0.1) is 0 Å². The van der Waals surface area contributed by atoms with Crippen LogP contribution in [0.2, 0.25) is 0 Å². The Morgan fingerprint density at radius 2 is 2.14 bits per heavy atom. The second-order valence-corrected chi connectivity index (χ2v) is 8.16. The van der Waals surface area contributed by atoms with Crippen molar-refractivity contribution >= 4 is 45.2 Å². The van der Waals surface area contributed by atoms with E-state index in [1.165, 1.54) is 16.0 Å². The number of rotatable bonds is 4. The standard InChI is InChI=1S/C18H17FN4O3S2/c1-26-11-4-2-10(3-5-11)23-17(24)14-13(9-27-16(14)20)15(21-23)18(25)22-7-6-12(8-22)28-19/h2-5,9,12H,6-8,20H2,1H3. The predicted octanol–water partition coefficient (Wildman–Crippen LogP) is 2.87. The predicted molar refractivity (Wildman–Crippen MR) is 109 cm³/mol. The first-order valence-electron chi connectivity index (χ1n) is 8.54. The minimum absolute atomic E-state index is 0.142. The number of anilines is 1. The van der Waals surface area contributed by atoms with Crippen molar-refractivity contribution in [2.75, 3.05) is 25.9 Å². The summed E-state index contributed by atoms with van der Waals surface area (Å²) in [6.45, 7) is 0.759. The van der Waals surface area contributed by atoms with Gasteiger partial charge in [-0.25, -0.2) is 0 Å². The number of likely N-dealkylation sites (tertiary alicyclic amines) is 1. The van der Waals surface area contributed by atoms with Gasteiger partial charge in [-0.05, 0) is 30.7 Å². The number of benzene rings is 1. The average molecular weight is 420 g/mol. The quantitative estimate of drug-likeness (QED) is 0.698. The number of hydrogen-bond donors (Lipinski definition) is 1. The van der Waals surface area contributed by atoms with Gasteiger partial charge in [0.25, 0.3) is 11.5 Å². The fourth-order valence-electron chi connectivity index (χ4n) is 3.26. The van der Waals surface area contributed by atoms with Crippen LogP contribution in [0.1, 0.15) is 16.9 Å². The van der Waals surface area contributed by atoms with Gasteiger partial charge in [0.15, 0.2) is 5.69 Å². The highest BCUT2D eigenvalue weighted by atomic mass is 32.2. The number of nitrogen functional groups attached to an aromatic ring is 1. The number of fused-ring (bicyclic) bond motifs is 1. The molecule has 2 N–H and O–H groups in total. The highest BCUT2D eigenvalue weighted by molar-refractivity contribution is 7.95. The smallest absolute Gasteiger partial charge is 0.282 e. The molecule has 28 heavy (non-hydrogen) atoms. The van der Waals surface area contributed by atoms with Crippen LogP contribution in [0.4, 0.5) is 8.89 Å². The summed E-state index contributed by atoms with van der Waals surface area (Å²) in [5.41, 5.74) is 6.25. The molecule has 1 atom stereocenters. The SMILES string of the molecule is COc1ccc(-n2nc(C(=O)N3CCC(SF)C3)c3csc(N)c3c2=O)cc1. The van der Waals surface area contributed by atoms with E-state index in [0.717, 1.165) is 0 Å². The largest absolute Gasteiger partial charge is 0.497 e. The first-order valence-corrected chi connectivity index (χ1v) is 10.2. The zero-order valence-electron chi connectivity index (χ0n) is 14.9. The zero-order chi connectivity index (χ0) is 19.8. The van der Waals surface area contributed by atoms with Gasteiger partial charge in [-0.15, -0.1) is 11.3 Å². The number of ether oxygens (including phenoxy) is 1. The maximum absolute atomic E-state index is 13.1. The summed E-state index contributed by atoms with van der Waals surface area (Å²) in [4.78, 5) is 27.6. The van der Waals surface area contributed by atoms with Crippen molar-refractivity contribution in [3.8, 4) is 11.4 Å². The molecule has 1 unspecified atom stereocenters. The highest BCUT2D eigenvalue weighted by Crippen LogP contribution is 2.30. The molecule has 10 heteroatoms. The normalized spacial score (nSPS) is 16.6. The van der Waals surface area contributed by atoms with Gasteiger partial charge >= 0.3 is 0 Å². The molecule has 4 rings (SSSR count). The second-order valence-electron chi connectivity index (χ2n) is 6.40. The highest BCUT2D eigenvalue weighted by Gasteiger charge is 2.31. The van der Waals surface area contributed by atoms with Crippen LogP contribution in [0.15, 0.2) is 34.4 Å². The minimum atomic E-state index is -0.394. The molecule has 0 radical (unpaired) electrons. The van der Waals surface area contributed by atoms with E-state index in [9.17, 15) is 13.5 Å². The fraction of sp³-hybridized carbons (Fsp3) is 0.278. The third kappa shape index (κ3) is 3.12. The number of hydrogen-bond acceptors (Lipinski definition) is 7. The van der Waals surface area contributed by atoms with Crippen molar-refractivity contribution < 1.29 is 13.4 Å². The third-order valence-electron chi connectivity index (χ3n) is 4.76. The number of nitrogens with zero attached hydrogens (tertiary/aromatic N) is 3. The van der Waals surface area contributed by atoms with Crippen LogP contribution < -0.4 is 16.0 Å². The van der Waals surface area contributed by atoms with Gasteiger partial charge in [0, 0.05) is 36.0 Å². The molecule has 1 amide bonds. The van der Waals surface area contributed by atoms with Crippen LogP contribution in [-0.2, 0) is 0 Å². The van der Waals surface area contributed by atoms with Crippen LogP contribution in [0.3, 0.4) is 0 Å². The molecule has 1 aliphatic heterocycles. The summed E-state index contributed by atoms with van der Waals surface area (Å²) in [5.74, 6) is 0.303. The van der Waals surface area contributed by atoms with E-state index in [1.807, 2.05) is 0 Å². The Kier molecular flexibility index (Phi) is 4.98. The molecule has 0 saturated carbocycles. The molecule has 2 aromatic heterocycles. The lowest BCUT2D eigenvalue weighted by Gasteiger charge is -2.17. The Morgan fingerprint density at radius 3 is 2.79 bits per heavy atom. The van der Waals surface area contributed by atoms with Crippen molar-refractivity contribution in [1.29, 1.82) is 0 Å². The Morgan fingerprint density at radius 1 is 1.39 bits per heavy atom. The summed E-state index contributed by atoms with van der Waals surface area (Å²) >= 11 is 1.45. The molecule has 3 heterocycles. The molecule has 1 saturated heterocycles. The Hall–Kier alpha value is -2.59. The number of thiophene rings is 1. The van der Waals surface area contributed by atoms with E-state index in [0.29, 0.717) is 41.3 Å². The zero-order valence-corrected chi connectivity index (χ0v) is 16.6. The number of nitrogens with two attached hydrogens (primary N) is 1. The Balaban J connectivity index is 1.85. The van der Waals surface area contributed by atoms with E-state index in [2.05, 4.69) is 5.10 Å². The molecule has 1 aromatic carbocycles. The summed E-state index contributed by atoms with van der Waals surface area (Å²) in [7, 11) is 1.55. The van der Waals surface area contributed by atoms with Gasteiger partial charge in [0.05, 0.1) is 28.4 Å². The van der Waals surface area contributed by atoms with Crippen molar-refractivity contribution in [1.82, 2.24) is 14.7 Å². The van der Waals surface area contributed by atoms with E-state index in [4.69, 9.17) is 10.5 Å². The number of amides is 1. The molecule has 0 aliphatic carbocycles. The van der Waals surface area contributed by atoms with Crippen molar-refractivity contribution in [2.24, 2.45) is 0 Å². The lowest BCUT2D eigenvalue weighted by Crippen LogP contribution is -2.33. The van der Waals surface area contributed by atoms with Crippen molar-refractivity contribution in [3.05, 3.63) is 45.7 Å². The Bertz CT molecular complexity index is 1100. The number of halogens is 1. The third-order valence-corrected chi connectivity index (χ3v) is 6.21. The number of carbonyl (C=O) groups is 1. The van der Waals surface area contributed by atoms with Gasteiger partial charge in [0.1, 0.15) is 5.75 Å². The van der Waals surface area contributed by atoms with Crippen molar-refractivity contribution in [2.45, 2.75) is 11.7 Å². The topological polar surface area (TPSA) is 90.5 Å². The molecular formula is C18H17FN4O3S2. The molecule has 7 nitrogen and oxygen atoms in total. The minimum Gasteiger partial charge on any atom is -0.497 e. The van der Waals surface area contributed by atoms with Gasteiger partial charge in [0.2, 0.25) is 0 Å². The lowest BCUT2D eigenvalue weighted by molar-refractivity contribution is 0.0788. The van der Waals surface area contributed by atoms with E-state index < -0.39 is 5.56 Å². The maximum Gasteiger partial charge on any atom is 0.282 e. The van der Waals surface area contributed by atoms with Crippen LogP contribution in [0.5, 0.6) is 5.75 Å². The molecule has 1 aliphatic rings. The van der Waals surface area contributed by atoms with E-state index in [1.54, 1.807) is 41.7 Å². The summed E-state index contributed by atoms with van der Waals surface area (Å²) in [5, 5.41) is 6.82. The van der Waals surface area contributed by atoms with Gasteiger partial charge < -0.3 is 15.4 Å². The molecule has 146 valence electrons.